The number of thioether (sulfide) groups is 1. The Labute approximate surface area is 187 Å². The summed E-state index contributed by atoms with van der Waals surface area (Å²) in [4.78, 5) is 14.8. The van der Waals surface area contributed by atoms with E-state index in [9.17, 15) is 13.2 Å². The van der Waals surface area contributed by atoms with Gasteiger partial charge < -0.3 is 9.47 Å². The van der Waals surface area contributed by atoms with Crippen LogP contribution in [0.1, 0.15) is 45.1 Å². The Balaban J connectivity index is 1.76. The molecule has 164 valence electrons. The molecule has 1 aromatic carbocycles. The molecule has 0 radical (unpaired) electrons. The molecule has 3 rings (SSSR count). The van der Waals surface area contributed by atoms with Crippen LogP contribution in [-0.4, -0.2) is 54.3 Å². The van der Waals surface area contributed by atoms with Gasteiger partial charge in [-0.15, -0.1) is 0 Å². The standard InChI is InChI=1S/C21H27NO5S3/c1-3-5-6-10-27-17-8-7-15(12-18(17)26-4-2)13-19-20(23)22(21(28)29-19)16-9-11-30(24,25)14-16/h7-8,12-13,16H,3-6,9-11,14H2,1-2H3/b19-13-/t16-/m0/s1. The number of amides is 1. The molecule has 2 fully saturated rings. The van der Waals surface area contributed by atoms with Crippen LogP contribution in [0.2, 0.25) is 0 Å². The van der Waals surface area contributed by atoms with Crippen LogP contribution >= 0.6 is 24.0 Å². The van der Waals surface area contributed by atoms with Crippen molar-refractivity contribution < 1.29 is 22.7 Å². The molecule has 2 aliphatic rings. The second-order valence-electron chi connectivity index (χ2n) is 7.30. The molecule has 0 spiro atoms. The quantitative estimate of drug-likeness (QED) is 0.307. The van der Waals surface area contributed by atoms with E-state index in [-0.39, 0.29) is 23.5 Å². The summed E-state index contributed by atoms with van der Waals surface area (Å²) in [5.74, 6) is 1.18. The van der Waals surface area contributed by atoms with E-state index in [2.05, 4.69) is 6.92 Å². The van der Waals surface area contributed by atoms with E-state index in [0.717, 1.165) is 24.8 Å². The molecule has 6 nitrogen and oxygen atoms in total. The fourth-order valence-electron chi connectivity index (χ4n) is 3.46. The highest BCUT2D eigenvalue weighted by Gasteiger charge is 2.42. The summed E-state index contributed by atoms with van der Waals surface area (Å²) in [6.07, 6.45) is 5.44. The lowest BCUT2D eigenvalue weighted by atomic mass is 10.1. The Morgan fingerprint density at radius 2 is 2.03 bits per heavy atom. The van der Waals surface area contributed by atoms with Crippen LogP contribution in [0.5, 0.6) is 11.5 Å². The van der Waals surface area contributed by atoms with Gasteiger partial charge >= 0.3 is 0 Å². The Hall–Kier alpha value is -1.58. The highest BCUT2D eigenvalue weighted by Crippen LogP contribution is 2.37. The van der Waals surface area contributed by atoms with E-state index < -0.39 is 9.84 Å². The molecule has 0 aliphatic carbocycles. The molecular weight excluding hydrogens is 442 g/mol. The summed E-state index contributed by atoms with van der Waals surface area (Å²) in [7, 11) is -3.10. The number of unbranched alkanes of at least 4 members (excludes halogenated alkanes) is 2. The van der Waals surface area contributed by atoms with Gasteiger partial charge in [-0.25, -0.2) is 8.42 Å². The molecule has 2 heterocycles. The van der Waals surface area contributed by atoms with Crippen molar-refractivity contribution in [3.63, 3.8) is 0 Å². The first-order valence-electron chi connectivity index (χ1n) is 10.2. The number of benzene rings is 1. The van der Waals surface area contributed by atoms with Crippen molar-refractivity contribution in [1.82, 2.24) is 4.90 Å². The highest BCUT2D eigenvalue weighted by molar-refractivity contribution is 8.26. The lowest BCUT2D eigenvalue weighted by Crippen LogP contribution is -2.39. The minimum absolute atomic E-state index is 0.0225. The average molecular weight is 470 g/mol. The van der Waals surface area contributed by atoms with E-state index in [1.54, 1.807) is 6.08 Å². The van der Waals surface area contributed by atoms with Gasteiger partial charge in [0.05, 0.1) is 35.7 Å². The van der Waals surface area contributed by atoms with E-state index >= 15 is 0 Å². The van der Waals surface area contributed by atoms with Gasteiger partial charge in [0.2, 0.25) is 0 Å². The molecule has 1 amide bonds. The van der Waals surface area contributed by atoms with Crippen molar-refractivity contribution in [1.29, 1.82) is 0 Å². The second kappa shape index (κ2) is 10.2. The van der Waals surface area contributed by atoms with E-state index in [4.69, 9.17) is 21.7 Å². The first kappa shape index (κ1) is 23.1. The van der Waals surface area contributed by atoms with Crippen LogP contribution in [0.3, 0.4) is 0 Å². The average Bonchev–Trinajstić information content (AvgIpc) is 3.18. The third-order valence-corrected chi connectivity index (χ3v) is 8.05. The van der Waals surface area contributed by atoms with Crippen LogP contribution in [-0.2, 0) is 14.6 Å². The normalized spacial score (nSPS) is 22.1. The number of hydrogen-bond acceptors (Lipinski definition) is 7. The number of hydrogen-bond donors (Lipinski definition) is 0. The topological polar surface area (TPSA) is 72.9 Å². The number of carbonyl (C=O) groups excluding carboxylic acids is 1. The Bertz CT molecular complexity index is 942. The lowest BCUT2D eigenvalue weighted by Gasteiger charge is -2.20. The van der Waals surface area contributed by atoms with Crippen LogP contribution in [0.25, 0.3) is 6.08 Å². The van der Waals surface area contributed by atoms with Crippen LogP contribution in [0.15, 0.2) is 23.1 Å². The maximum Gasteiger partial charge on any atom is 0.266 e. The van der Waals surface area contributed by atoms with E-state index in [1.807, 2.05) is 25.1 Å². The van der Waals surface area contributed by atoms with Gasteiger partial charge in [0, 0.05) is 0 Å². The number of nitrogens with zero attached hydrogens (tertiary/aromatic N) is 1. The molecule has 0 aromatic heterocycles. The monoisotopic (exact) mass is 469 g/mol. The van der Waals surface area contributed by atoms with Crippen molar-refractivity contribution in [2.24, 2.45) is 0 Å². The van der Waals surface area contributed by atoms with Gasteiger partial charge in [-0.1, -0.05) is 49.8 Å². The number of thiocarbonyl (C=S) groups is 1. The first-order chi connectivity index (χ1) is 14.3. The number of rotatable bonds is 9. The smallest absolute Gasteiger partial charge is 0.266 e. The third-order valence-electron chi connectivity index (χ3n) is 4.97. The summed E-state index contributed by atoms with van der Waals surface area (Å²) in [6.45, 7) is 5.20. The van der Waals surface area contributed by atoms with Gasteiger partial charge in [-0.3, -0.25) is 9.69 Å². The Morgan fingerprint density at radius 3 is 2.70 bits per heavy atom. The molecule has 1 atom stereocenters. The van der Waals surface area contributed by atoms with E-state index in [0.29, 0.717) is 40.4 Å². The second-order valence-corrected chi connectivity index (χ2v) is 11.2. The number of sulfone groups is 1. The Morgan fingerprint density at radius 1 is 1.23 bits per heavy atom. The predicted octanol–water partition coefficient (Wildman–Crippen LogP) is 4.04. The maximum absolute atomic E-state index is 12.9. The van der Waals surface area contributed by atoms with Crippen molar-refractivity contribution >= 4 is 50.1 Å². The fraction of sp³-hybridized carbons (Fsp3) is 0.524. The molecular formula is C21H27NO5S3. The molecule has 1 aromatic rings. The molecule has 0 bridgehead atoms. The molecule has 2 saturated heterocycles. The van der Waals surface area contributed by atoms with Crippen LogP contribution in [0, 0.1) is 0 Å². The van der Waals surface area contributed by atoms with Crippen molar-refractivity contribution in [2.45, 2.75) is 45.6 Å². The van der Waals surface area contributed by atoms with Gasteiger partial charge in [0.1, 0.15) is 4.32 Å². The fourth-order valence-corrected chi connectivity index (χ4v) is 6.56. The van der Waals surface area contributed by atoms with Crippen molar-refractivity contribution in [2.75, 3.05) is 24.7 Å². The van der Waals surface area contributed by atoms with Gasteiger partial charge in [-0.05, 0) is 43.5 Å². The van der Waals surface area contributed by atoms with Crippen LogP contribution < -0.4 is 9.47 Å². The molecule has 0 unspecified atom stereocenters. The summed E-state index contributed by atoms with van der Waals surface area (Å²) in [6, 6.07) is 5.22. The van der Waals surface area contributed by atoms with Crippen LogP contribution in [0.4, 0.5) is 0 Å². The van der Waals surface area contributed by atoms with Crippen molar-refractivity contribution in [3.8, 4) is 11.5 Å². The zero-order valence-electron chi connectivity index (χ0n) is 17.3. The molecule has 2 aliphatic heterocycles. The summed E-state index contributed by atoms with van der Waals surface area (Å²) < 4.78 is 35.6. The van der Waals surface area contributed by atoms with E-state index in [1.165, 1.54) is 16.7 Å². The molecule has 0 saturated carbocycles. The molecule has 0 N–H and O–H groups in total. The summed E-state index contributed by atoms with van der Waals surface area (Å²) >= 11 is 6.58. The molecule has 30 heavy (non-hydrogen) atoms. The predicted molar refractivity (Wildman–Crippen MR) is 125 cm³/mol. The first-order valence-corrected chi connectivity index (χ1v) is 13.3. The number of carbonyl (C=O) groups is 1. The van der Waals surface area contributed by atoms with Gasteiger partial charge in [-0.2, -0.15) is 0 Å². The Kier molecular flexibility index (Phi) is 7.81. The van der Waals surface area contributed by atoms with Crippen molar-refractivity contribution in [3.05, 3.63) is 28.7 Å². The number of ether oxygens (including phenoxy) is 2. The SMILES string of the molecule is CCCCCOc1ccc(/C=C2\SC(=S)N([C@H]3CCS(=O)(=O)C3)C2=O)cc1OCC. The minimum Gasteiger partial charge on any atom is -0.490 e. The van der Waals surface area contributed by atoms with Gasteiger partial charge in [0.15, 0.2) is 21.3 Å². The lowest BCUT2D eigenvalue weighted by molar-refractivity contribution is -0.123. The zero-order chi connectivity index (χ0) is 21.7. The molecule has 9 heteroatoms. The highest BCUT2D eigenvalue weighted by atomic mass is 32.2. The minimum atomic E-state index is -3.10. The largest absolute Gasteiger partial charge is 0.490 e. The maximum atomic E-state index is 12.9. The summed E-state index contributed by atoms with van der Waals surface area (Å²) in [5, 5.41) is 0. The van der Waals surface area contributed by atoms with Gasteiger partial charge in [0.25, 0.3) is 5.91 Å². The zero-order valence-corrected chi connectivity index (χ0v) is 19.7. The summed E-state index contributed by atoms with van der Waals surface area (Å²) in [5.41, 5.74) is 0.805. The third kappa shape index (κ3) is 5.56.